The highest BCUT2D eigenvalue weighted by Crippen LogP contribution is 2.20. The Balaban J connectivity index is 2.10. The van der Waals surface area contributed by atoms with Crippen molar-refractivity contribution in [3.8, 4) is 0 Å². The van der Waals surface area contributed by atoms with Crippen LogP contribution in [0.4, 0.5) is 5.69 Å². The quantitative estimate of drug-likeness (QED) is 0.719. The predicted octanol–water partition coefficient (Wildman–Crippen LogP) is 2.90. The Hall–Kier alpha value is -2.38. The van der Waals surface area contributed by atoms with E-state index < -0.39 is 10.0 Å². The number of benzene rings is 2. The molecule has 0 radical (unpaired) electrons. The second-order valence-corrected chi connectivity index (χ2v) is 7.70. The number of hydrogen-bond donors (Lipinski definition) is 1. The fourth-order valence-corrected chi connectivity index (χ4v) is 3.57. The average molecular weight is 376 g/mol. The molecule has 0 bridgehead atoms. The summed E-state index contributed by atoms with van der Waals surface area (Å²) >= 11 is 0. The molecule has 2 rings (SSSR count). The first-order chi connectivity index (χ1) is 12.3. The number of methoxy groups -OCH3 is 1. The van der Waals surface area contributed by atoms with Crippen LogP contribution in [0.25, 0.3) is 0 Å². The number of hydrogen-bond acceptors (Lipinski definition) is 4. The summed E-state index contributed by atoms with van der Waals surface area (Å²) in [6.07, 6.45) is 0.742. The first-order valence-electron chi connectivity index (χ1n) is 8.28. The van der Waals surface area contributed by atoms with Crippen molar-refractivity contribution in [2.24, 2.45) is 0 Å². The zero-order chi connectivity index (χ0) is 19.2. The number of amides is 1. The van der Waals surface area contributed by atoms with Crippen LogP contribution in [0.2, 0.25) is 0 Å². The number of carbonyl (C=O) groups excluding carboxylic acids is 1. The molecule has 0 aliphatic rings. The molecule has 140 valence electrons. The molecule has 2 aromatic rings. The maximum Gasteiger partial charge on any atom is 0.261 e. The number of para-hydroxylation sites is 1. The van der Waals surface area contributed by atoms with E-state index in [9.17, 15) is 13.2 Å². The van der Waals surface area contributed by atoms with Crippen LogP contribution in [0.15, 0.2) is 53.4 Å². The van der Waals surface area contributed by atoms with Crippen molar-refractivity contribution < 1.29 is 17.9 Å². The lowest BCUT2D eigenvalue weighted by Gasteiger charge is -2.17. The number of nitrogens with one attached hydrogen (secondary N) is 1. The van der Waals surface area contributed by atoms with Crippen molar-refractivity contribution in [1.29, 1.82) is 0 Å². The fourth-order valence-electron chi connectivity index (χ4n) is 2.44. The molecule has 0 fully saturated rings. The van der Waals surface area contributed by atoms with Crippen molar-refractivity contribution in [1.82, 2.24) is 4.90 Å². The van der Waals surface area contributed by atoms with Gasteiger partial charge in [0.2, 0.25) is 0 Å². The number of rotatable bonds is 8. The zero-order valence-corrected chi connectivity index (χ0v) is 16.0. The van der Waals surface area contributed by atoms with E-state index in [1.54, 1.807) is 31.2 Å². The van der Waals surface area contributed by atoms with Gasteiger partial charge in [0.05, 0.1) is 10.6 Å². The van der Waals surface area contributed by atoms with Gasteiger partial charge in [0.15, 0.2) is 0 Å². The molecule has 6 nitrogen and oxygen atoms in total. The smallest absolute Gasteiger partial charge is 0.261 e. The molecule has 0 aliphatic heterocycles. The van der Waals surface area contributed by atoms with Crippen molar-refractivity contribution in [2.75, 3.05) is 32.0 Å². The summed E-state index contributed by atoms with van der Waals surface area (Å²) in [4.78, 5) is 14.1. The predicted molar refractivity (Wildman–Crippen MR) is 102 cm³/mol. The van der Waals surface area contributed by atoms with Gasteiger partial charge in [-0.1, -0.05) is 18.2 Å². The lowest BCUT2D eigenvalue weighted by molar-refractivity contribution is 0.0779. The van der Waals surface area contributed by atoms with Gasteiger partial charge in [-0.15, -0.1) is 0 Å². The molecule has 26 heavy (non-hydrogen) atoms. The van der Waals surface area contributed by atoms with E-state index in [4.69, 9.17) is 4.74 Å². The Bertz CT molecular complexity index is 848. The number of anilines is 1. The third-order valence-corrected chi connectivity index (χ3v) is 5.37. The van der Waals surface area contributed by atoms with Gasteiger partial charge in [0.25, 0.3) is 15.9 Å². The third-order valence-electron chi connectivity index (χ3n) is 3.99. The summed E-state index contributed by atoms with van der Waals surface area (Å²) in [5, 5.41) is 0. The Labute approximate surface area is 154 Å². The summed E-state index contributed by atoms with van der Waals surface area (Å²) in [6.45, 7) is 2.99. The lowest BCUT2D eigenvalue weighted by atomic mass is 10.2. The van der Waals surface area contributed by atoms with Crippen LogP contribution in [-0.2, 0) is 14.8 Å². The molecular formula is C19H24N2O4S. The van der Waals surface area contributed by atoms with Gasteiger partial charge in [-0.05, 0) is 49.2 Å². The minimum atomic E-state index is -3.71. The molecule has 0 spiro atoms. The second-order valence-electron chi connectivity index (χ2n) is 6.02. The van der Waals surface area contributed by atoms with E-state index >= 15 is 0 Å². The van der Waals surface area contributed by atoms with Gasteiger partial charge < -0.3 is 9.64 Å². The van der Waals surface area contributed by atoms with Gasteiger partial charge >= 0.3 is 0 Å². The minimum Gasteiger partial charge on any atom is -0.385 e. The number of carbonyl (C=O) groups is 1. The van der Waals surface area contributed by atoms with Gasteiger partial charge in [-0.25, -0.2) is 8.42 Å². The van der Waals surface area contributed by atoms with Crippen LogP contribution >= 0.6 is 0 Å². The highest BCUT2D eigenvalue weighted by molar-refractivity contribution is 7.92. The van der Waals surface area contributed by atoms with Crippen LogP contribution in [0.3, 0.4) is 0 Å². The summed E-state index contributed by atoms with van der Waals surface area (Å²) in [6, 6.07) is 13.1. The zero-order valence-electron chi connectivity index (χ0n) is 15.2. The highest BCUT2D eigenvalue weighted by atomic mass is 32.2. The first kappa shape index (κ1) is 19.9. The molecule has 0 heterocycles. The van der Waals surface area contributed by atoms with Gasteiger partial charge in [0, 0.05) is 32.9 Å². The van der Waals surface area contributed by atoms with Crippen LogP contribution in [0, 0.1) is 6.92 Å². The Morgan fingerprint density at radius 3 is 2.38 bits per heavy atom. The topological polar surface area (TPSA) is 75.7 Å². The fraction of sp³-hybridized carbons (Fsp3) is 0.316. The SMILES string of the molecule is COCCCN(C)C(=O)c1ccc(S(=O)(=O)Nc2ccccc2C)cc1. The van der Waals surface area contributed by atoms with Crippen LogP contribution < -0.4 is 4.72 Å². The molecule has 7 heteroatoms. The van der Waals surface area contributed by atoms with E-state index in [0.717, 1.165) is 12.0 Å². The molecule has 1 N–H and O–H groups in total. The molecular weight excluding hydrogens is 352 g/mol. The second kappa shape index (κ2) is 8.82. The molecule has 2 aromatic carbocycles. The number of ether oxygens (including phenoxy) is 1. The molecule has 0 unspecified atom stereocenters. The van der Waals surface area contributed by atoms with E-state index in [0.29, 0.717) is 24.4 Å². The normalized spacial score (nSPS) is 11.2. The maximum absolute atomic E-state index is 12.5. The molecule has 0 saturated heterocycles. The van der Waals surface area contributed by atoms with Crippen LogP contribution in [0.1, 0.15) is 22.3 Å². The van der Waals surface area contributed by atoms with E-state index in [1.807, 2.05) is 19.1 Å². The number of sulfonamides is 1. The molecule has 1 amide bonds. The van der Waals surface area contributed by atoms with Crippen molar-refractivity contribution in [3.63, 3.8) is 0 Å². The van der Waals surface area contributed by atoms with Crippen molar-refractivity contribution in [2.45, 2.75) is 18.2 Å². The average Bonchev–Trinajstić information content (AvgIpc) is 2.63. The number of nitrogens with zero attached hydrogens (tertiary/aromatic N) is 1. The lowest BCUT2D eigenvalue weighted by Crippen LogP contribution is -2.28. The molecule has 0 aliphatic carbocycles. The van der Waals surface area contributed by atoms with Crippen molar-refractivity contribution in [3.05, 3.63) is 59.7 Å². The van der Waals surface area contributed by atoms with Crippen molar-refractivity contribution >= 4 is 21.6 Å². The molecule has 0 atom stereocenters. The monoisotopic (exact) mass is 376 g/mol. The third kappa shape index (κ3) is 5.06. The maximum atomic E-state index is 12.5. The van der Waals surface area contributed by atoms with Gasteiger partial charge in [-0.3, -0.25) is 9.52 Å². The minimum absolute atomic E-state index is 0.110. The standard InChI is InChI=1S/C19H24N2O4S/c1-15-7-4-5-8-18(15)20-26(23,24)17-11-9-16(10-12-17)19(22)21(2)13-6-14-25-3/h4-5,7-12,20H,6,13-14H2,1-3H3. The van der Waals surface area contributed by atoms with E-state index in [-0.39, 0.29) is 10.8 Å². The highest BCUT2D eigenvalue weighted by Gasteiger charge is 2.17. The summed E-state index contributed by atoms with van der Waals surface area (Å²) in [5.41, 5.74) is 1.81. The van der Waals surface area contributed by atoms with E-state index in [2.05, 4.69) is 4.72 Å². The first-order valence-corrected chi connectivity index (χ1v) is 9.76. The van der Waals surface area contributed by atoms with E-state index in [1.165, 1.54) is 24.3 Å². The summed E-state index contributed by atoms with van der Waals surface area (Å²) in [7, 11) is -0.380. The summed E-state index contributed by atoms with van der Waals surface area (Å²) in [5.74, 6) is -0.156. The van der Waals surface area contributed by atoms with Gasteiger partial charge in [0.1, 0.15) is 0 Å². The molecule has 0 saturated carbocycles. The Kier molecular flexibility index (Phi) is 6.76. The number of aryl methyl sites for hydroxylation is 1. The van der Waals surface area contributed by atoms with Gasteiger partial charge in [-0.2, -0.15) is 0 Å². The van der Waals surface area contributed by atoms with Crippen LogP contribution in [0.5, 0.6) is 0 Å². The Morgan fingerprint density at radius 1 is 1.12 bits per heavy atom. The Morgan fingerprint density at radius 2 is 1.77 bits per heavy atom. The summed E-state index contributed by atoms with van der Waals surface area (Å²) < 4.78 is 32.6. The van der Waals surface area contributed by atoms with Crippen LogP contribution in [-0.4, -0.2) is 46.5 Å². The largest absolute Gasteiger partial charge is 0.385 e. The molecule has 0 aromatic heterocycles.